The molecule has 1 aliphatic rings. The molecule has 0 saturated carbocycles. The molecule has 1 saturated heterocycles. The first-order valence-electron chi connectivity index (χ1n) is 5.25. The summed E-state index contributed by atoms with van der Waals surface area (Å²) in [5, 5.41) is 2.58. The summed E-state index contributed by atoms with van der Waals surface area (Å²) in [5.41, 5.74) is 4.24. The highest BCUT2D eigenvalue weighted by atomic mass is 32.2. The standard InChI is InChI=1S/C9H19N3O3S/c1-9(2,5-8(10)13)12-16(14,15)7-3-4-11-6-7/h7,11-12H,3-6H2,1-2H3,(H2,10,13). The molecule has 1 atom stereocenters. The van der Waals surface area contributed by atoms with E-state index in [1.807, 2.05) is 0 Å². The first-order chi connectivity index (χ1) is 7.23. The van der Waals surface area contributed by atoms with Crippen molar-refractivity contribution in [2.75, 3.05) is 13.1 Å². The van der Waals surface area contributed by atoms with Crippen molar-refractivity contribution in [1.82, 2.24) is 10.0 Å². The van der Waals surface area contributed by atoms with Crippen LogP contribution in [-0.4, -0.2) is 38.2 Å². The third kappa shape index (κ3) is 3.73. The van der Waals surface area contributed by atoms with Gasteiger partial charge in [0.2, 0.25) is 15.9 Å². The summed E-state index contributed by atoms with van der Waals surface area (Å²) >= 11 is 0. The van der Waals surface area contributed by atoms with Crippen molar-refractivity contribution >= 4 is 15.9 Å². The minimum Gasteiger partial charge on any atom is -0.370 e. The van der Waals surface area contributed by atoms with Crippen LogP contribution < -0.4 is 15.8 Å². The van der Waals surface area contributed by atoms with Gasteiger partial charge in [-0.25, -0.2) is 13.1 Å². The molecule has 1 heterocycles. The second kappa shape index (κ2) is 4.68. The molecular weight excluding hydrogens is 230 g/mol. The van der Waals surface area contributed by atoms with Gasteiger partial charge >= 0.3 is 0 Å². The monoisotopic (exact) mass is 249 g/mol. The number of sulfonamides is 1. The van der Waals surface area contributed by atoms with Gasteiger partial charge in [0.1, 0.15) is 0 Å². The molecule has 94 valence electrons. The van der Waals surface area contributed by atoms with Gasteiger partial charge in [0.05, 0.1) is 5.25 Å². The molecular formula is C9H19N3O3S. The average Bonchev–Trinajstić information content (AvgIpc) is 2.48. The van der Waals surface area contributed by atoms with Gasteiger partial charge in [-0.05, 0) is 26.8 Å². The fourth-order valence-corrected chi connectivity index (χ4v) is 3.61. The molecule has 0 spiro atoms. The van der Waals surface area contributed by atoms with E-state index in [0.717, 1.165) is 0 Å². The molecule has 6 nitrogen and oxygen atoms in total. The normalized spacial score (nSPS) is 22.2. The predicted octanol–water partition coefficient (Wildman–Crippen LogP) is -1.08. The van der Waals surface area contributed by atoms with E-state index in [4.69, 9.17) is 5.73 Å². The molecule has 1 aliphatic heterocycles. The molecule has 0 radical (unpaired) electrons. The van der Waals surface area contributed by atoms with Gasteiger partial charge in [-0.15, -0.1) is 0 Å². The summed E-state index contributed by atoms with van der Waals surface area (Å²) in [7, 11) is -3.38. The van der Waals surface area contributed by atoms with Crippen LogP contribution in [0, 0.1) is 0 Å². The van der Waals surface area contributed by atoms with E-state index in [-0.39, 0.29) is 6.42 Å². The van der Waals surface area contributed by atoms with Crippen molar-refractivity contribution in [2.45, 2.75) is 37.5 Å². The molecule has 0 bridgehead atoms. The number of amides is 1. The summed E-state index contributed by atoms with van der Waals surface area (Å²) in [6, 6.07) is 0. The Labute approximate surface area is 96.0 Å². The molecule has 1 amide bonds. The zero-order valence-corrected chi connectivity index (χ0v) is 10.4. The van der Waals surface area contributed by atoms with Crippen molar-refractivity contribution < 1.29 is 13.2 Å². The zero-order chi connectivity index (χ0) is 12.4. The Morgan fingerprint density at radius 1 is 1.56 bits per heavy atom. The van der Waals surface area contributed by atoms with E-state index in [0.29, 0.717) is 19.5 Å². The Kier molecular flexibility index (Phi) is 3.92. The van der Waals surface area contributed by atoms with Gasteiger partial charge < -0.3 is 11.1 Å². The van der Waals surface area contributed by atoms with Gasteiger partial charge in [0, 0.05) is 18.5 Å². The van der Waals surface area contributed by atoms with Gasteiger partial charge in [-0.2, -0.15) is 0 Å². The maximum absolute atomic E-state index is 11.9. The Morgan fingerprint density at radius 3 is 2.62 bits per heavy atom. The van der Waals surface area contributed by atoms with Gasteiger partial charge in [0.15, 0.2) is 0 Å². The molecule has 7 heteroatoms. The van der Waals surface area contributed by atoms with Crippen molar-refractivity contribution in [3.8, 4) is 0 Å². The highest BCUT2D eigenvalue weighted by molar-refractivity contribution is 7.90. The van der Waals surface area contributed by atoms with Crippen LogP contribution in [0.2, 0.25) is 0 Å². The molecule has 4 N–H and O–H groups in total. The molecule has 16 heavy (non-hydrogen) atoms. The maximum atomic E-state index is 11.9. The van der Waals surface area contributed by atoms with Crippen LogP contribution in [-0.2, 0) is 14.8 Å². The van der Waals surface area contributed by atoms with Crippen LogP contribution in [0.25, 0.3) is 0 Å². The lowest BCUT2D eigenvalue weighted by Gasteiger charge is -2.26. The quantitative estimate of drug-likeness (QED) is 0.577. The third-order valence-electron chi connectivity index (χ3n) is 2.49. The van der Waals surface area contributed by atoms with E-state index in [9.17, 15) is 13.2 Å². The van der Waals surface area contributed by atoms with Crippen LogP contribution >= 0.6 is 0 Å². The number of nitrogens with one attached hydrogen (secondary N) is 2. The number of rotatable bonds is 5. The SMILES string of the molecule is CC(C)(CC(N)=O)NS(=O)(=O)C1CCNC1. The molecule has 0 aliphatic carbocycles. The predicted molar refractivity (Wildman–Crippen MR) is 61.2 cm³/mol. The number of hydrogen-bond donors (Lipinski definition) is 3. The Hall–Kier alpha value is -0.660. The second-order valence-corrected chi connectivity index (χ2v) is 6.75. The Morgan fingerprint density at radius 2 is 2.19 bits per heavy atom. The minimum absolute atomic E-state index is 0.00756. The summed E-state index contributed by atoms with van der Waals surface area (Å²) in [6.07, 6.45) is 0.592. The topological polar surface area (TPSA) is 101 Å². The molecule has 1 fully saturated rings. The van der Waals surface area contributed by atoms with Crippen LogP contribution in [0.3, 0.4) is 0 Å². The smallest absolute Gasteiger partial charge is 0.219 e. The minimum atomic E-state index is -3.38. The number of nitrogens with two attached hydrogens (primary N) is 1. The van der Waals surface area contributed by atoms with Crippen molar-refractivity contribution in [1.29, 1.82) is 0 Å². The Balaban J connectivity index is 2.67. The first kappa shape index (κ1) is 13.4. The van der Waals surface area contributed by atoms with Gasteiger partial charge in [-0.1, -0.05) is 0 Å². The number of carbonyl (C=O) groups is 1. The zero-order valence-electron chi connectivity index (χ0n) is 9.62. The second-order valence-electron chi connectivity index (χ2n) is 4.79. The fourth-order valence-electron chi connectivity index (χ4n) is 1.83. The lowest BCUT2D eigenvalue weighted by molar-refractivity contribution is -0.119. The fraction of sp³-hybridized carbons (Fsp3) is 0.889. The van der Waals surface area contributed by atoms with E-state index in [2.05, 4.69) is 10.0 Å². The summed E-state index contributed by atoms with van der Waals surface area (Å²) in [6.45, 7) is 4.47. The molecule has 0 aromatic rings. The molecule has 0 aromatic heterocycles. The lowest BCUT2D eigenvalue weighted by Crippen LogP contribution is -2.49. The maximum Gasteiger partial charge on any atom is 0.219 e. The van der Waals surface area contributed by atoms with Gasteiger partial charge in [-0.3, -0.25) is 4.79 Å². The van der Waals surface area contributed by atoms with Crippen LogP contribution in [0.1, 0.15) is 26.7 Å². The van der Waals surface area contributed by atoms with E-state index >= 15 is 0 Å². The van der Waals surface area contributed by atoms with Gasteiger partial charge in [0.25, 0.3) is 0 Å². The van der Waals surface area contributed by atoms with E-state index in [1.54, 1.807) is 13.8 Å². The lowest BCUT2D eigenvalue weighted by atomic mass is 10.0. The third-order valence-corrected chi connectivity index (χ3v) is 4.61. The highest BCUT2D eigenvalue weighted by Crippen LogP contribution is 2.15. The highest BCUT2D eigenvalue weighted by Gasteiger charge is 2.34. The van der Waals surface area contributed by atoms with E-state index in [1.165, 1.54) is 0 Å². The van der Waals surface area contributed by atoms with E-state index < -0.39 is 26.7 Å². The number of hydrogen-bond acceptors (Lipinski definition) is 4. The van der Waals surface area contributed by atoms with Crippen LogP contribution in [0.5, 0.6) is 0 Å². The van der Waals surface area contributed by atoms with Crippen molar-refractivity contribution in [3.05, 3.63) is 0 Å². The summed E-state index contributed by atoms with van der Waals surface area (Å²) in [5.74, 6) is -0.516. The first-order valence-corrected chi connectivity index (χ1v) is 6.79. The Bertz CT molecular complexity index is 358. The molecule has 1 unspecified atom stereocenters. The van der Waals surface area contributed by atoms with Crippen molar-refractivity contribution in [2.24, 2.45) is 5.73 Å². The number of carbonyl (C=O) groups excluding carboxylic acids is 1. The van der Waals surface area contributed by atoms with Crippen LogP contribution in [0.15, 0.2) is 0 Å². The molecule has 0 aromatic carbocycles. The summed E-state index contributed by atoms with van der Waals surface area (Å²) < 4.78 is 26.4. The summed E-state index contributed by atoms with van der Waals surface area (Å²) in [4.78, 5) is 10.8. The average molecular weight is 249 g/mol. The van der Waals surface area contributed by atoms with Crippen molar-refractivity contribution in [3.63, 3.8) is 0 Å². The number of primary amides is 1. The largest absolute Gasteiger partial charge is 0.370 e. The molecule has 1 rings (SSSR count). The van der Waals surface area contributed by atoms with Crippen LogP contribution in [0.4, 0.5) is 0 Å².